The van der Waals surface area contributed by atoms with Crippen LogP contribution < -0.4 is 0 Å². The number of fused-ring (bicyclic) bond motifs is 1. The number of carbonyl (C=O) groups is 1. The van der Waals surface area contributed by atoms with Crippen LogP contribution in [0.1, 0.15) is 15.2 Å². The number of nitro groups is 2. The van der Waals surface area contributed by atoms with Gasteiger partial charge in [-0.1, -0.05) is 12.1 Å². The number of benzene rings is 2. The lowest BCUT2D eigenvalue weighted by Gasteiger charge is -2.04. The summed E-state index contributed by atoms with van der Waals surface area (Å²) in [4.78, 5) is 33.1. The molecule has 0 N–H and O–H groups in total. The second kappa shape index (κ2) is 6.65. The molecule has 9 heteroatoms. The highest BCUT2D eigenvalue weighted by molar-refractivity contribution is 7.20. The molecule has 8 nitrogen and oxygen atoms in total. The SMILES string of the molecule is O=C(OCc1ccccc1[N+](=O)[O-])c1cc2cc([N+](=O)[O-])ccc2s1. The number of hydrogen-bond donors (Lipinski definition) is 0. The van der Waals surface area contributed by atoms with Crippen molar-refractivity contribution in [3.05, 3.63) is 79.2 Å². The Bertz CT molecular complexity index is 997. The van der Waals surface area contributed by atoms with Crippen molar-refractivity contribution in [3.8, 4) is 0 Å². The predicted molar refractivity (Wildman–Crippen MR) is 90.7 cm³/mol. The van der Waals surface area contributed by atoms with E-state index in [-0.39, 0.29) is 28.4 Å². The van der Waals surface area contributed by atoms with Gasteiger partial charge in [0, 0.05) is 28.3 Å². The van der Waals surface area contributed by atoms with Crippen LogP contribution in [0, 0.1) is 20.2 Å². The molecule has 0 aliphatic heterocycles. The molecule has 0 aliphatic carbocycles. The van der Waals surface area contributed by atoms with E-state index < -0.39 is 15.8 Å². The molecule has 0 spiro atoms. The van der Waals surface area contributed by atoms with Gasteiger partial charge in [0.1, 0.15) is 11.5 Å². The van der Waals surface area contributed by atoms with Gasteiger partial charge in [-0.3, -0.25) is 20.2 Å². The first-order valence-electron chi connectivity index (χ1n) is 7.03. The Hall–Kier alpha value is -3.33. The molecule has 0 saturated carbocycles. The topological polar surface area (TPSA) is 113 Å². The van der Waals surface area contributed by atoms with E-state index >= 15 is 0 Å². The molecular formula is C16H10N2O6S. The Morgan fingerprint density at radius 1 is 1.04 bits per heavy atom. The van der Waals surface area contributed by atoms with Crippen molar-refractivity contribution in [1.29, 1.82) is 0 Å². The van der Waals surface area contributed by atoms with Crippen LogP contribution >= 0.6 is 11.3 Å². The van der Waals surface area contributed by atoms with E-state index in [9.17, 15) is 25.0 Å². The van der Waals surface area contributed by atoms with Crippen LogP contribution in [0.4, 0.5) is 11.4 Å². The second-order valence-corrected chi connectivity index (χ2v) is 6.14. The molecule has 0 fully saturated rings. The van der Waals surface area contributed by atoms with Crippen LogP contribution in [0.3, 0.4) is 0 Å². The summed E-state index contributed by atoms with van der Waals surface area (Å²) >= 11 is 1.14. The Balaban J connectivity index is 1.79. The summed E-state index contributed by atoms with van der Waals surface area (Å²) in [6, 6.07) is 11.8. The quantitative estimate of drug-likeness (QED) is 0.386. The van der Waals surface area contributed by atoms with Crippen molar-refractivity contribution in [2.24, 2.45) is 0 Å². The summed E-state index contributed by atoms with van der Waals surface area (Å²) in [5.74, 6) is -0.637. The van der Waals surface area contributed by atoms with Gasteiger partial charge in [0.2, 0.25) is 0 Å². The third kappa shape index (κ3) is 3.45. The Kier molecular flexibility index (Phi) is 4.40. The lowest BCUT2D eigenvalue weighted by atomic mass is 10.2. The minimum atomic E-state index is -0.637. The third-order valence-corrected chi connectivity index (χ3v) is 4.56. The molecule has 3 aromatic rings. The minimum Gasteiger partial charge on any atom is -0.456 e. The number of carbonyl (C=O) groups excluding carboxylic acids is 1. The largest absolute Gasteiger partial charge is 0.456 e. The number of ether oxygens (including phenoxy) is 1. The number of esters is 1. The van der Waals surface area contributed by atoms with Crippen LogP contribution in [0.25, 0.3) is 10.1 Å². The number of rotatable bonds is 5. The van der Waals surface area contributed by atoms with Crippen molar-refractivity contribution >= 4 is 38.8 Å². The molecule has 25 heavy (non-hydrogen) atoms. The van der Waals surface area contributed by atoms with Gasteiger partial charge < -0.3 is 4.74 Å². The lowest BCUT2D eigenvalue weighted by Crippen LogP contribution is -2.04. The highest BCUT2D eigenvalue weighted by atomic mass is 32.1. The van der Waals surface area contributed by atoms with E-state index in [1.54, 1.807) is 12.1 Å². The maximum atomic E-state index is 12.2. The summed E-state index contributed by atoms with van der Waals surface area (Å²) in [6.07, 6.45) is 0. The summed E-state index contributed by atoms with van der Waals surface area (Å²) in [6.45, 7) is -0.232. The highest BCUT2D eigenvalue weighted by Gasteiger charge is 2.17. The van der Waals surface area contributed by atoms with E-state index in [1.807, 2.05) is 0 Å². The normalized spacial score (nSPS) is 10.6. The maximum Gasteiger partial charge on any atom is 0.348 e. The Morgan fingerprint density at radius 2 is 1.80 bits per heavy atom. The maximum absolute atomic E-state index is 12.2. The molecule has 0 amide bonds. The van der Waals surface area contributed by atoms with Crippen LogP contribution in [0.15, 0.2) is 48.5 Å². The summed E-state index contributed by atoms with van der Waals surface area (Å²) < 4.78 is 5.86. The van der Waals surface area contributed by atoms with Gasteiger partial charge in [-0.25, -0.2) is 4.79 Å². The van der Waals surface area contributed by atoms with Crippen LogP contribution in [0.5, 0.6) is 0 Å². The van der Waals surface area contributed by atoms with Crippen molar-refractivity contribution in [1.82, 2.24) is 0 Å². The standard InChI is InChI=1S/C16H10N2O6S/c19-16(24-9-10-3-1-2-4-13(10)18(22)23)15-8-11-7-12(17(20)21)5-6-14(11)25-15/h1-8H,9H2. The van der Waals surface area contributed by atoms with Gasteiger partial charge in [0.25, 0.3) is 11.4 Å². The highest BCUT2D eigenvalue weighted by Crippen LogP contribution is 2.29. The second-order valence-electron chi connectivity index (χ2n) is 5.05. The zero-order valence-corrected chi connectivity index (χ0v) is 13.4. The van der Waals surface area contributed by atoms with Gasteiger partial charge in [0.15, 0.2) is 0 Å². The fourth-order valence-electron chi connectivity index (χ4n) is 2.27. The fraction of sp³-hybridized carbons (Fsp3) is 0.0625. The van der Waals surface area contributed by atoms with Crippen molar-refractivity contribution < 1.29 is 19.4 Å². The molecule has 0 bridgehead atoms. The third-order valence-electron chi connectivity index (χ3n) is 3.46. The average molecular weight is 358 g/mol. The van der Waals surface area contributed by atoms with Crippen LogP contribution in [-0.2, 0) is 11.3 Å². The molecule has 0 radical (unpaired) electrons. The number of thiophene rings is 1. The fourth-order valence-corrected chi connectivity index (χ4v) is 3.21. The molecule has 3 rings (SSSR count). The predicted octanol–water partition coefficient (Wildman–Crippen LogP) is 4.07. The number of nitrogens with zero attached hydrogens (tertiary/aromatic N) is 2. The summed E-state index contributed by atoms with van der Waals surface area (Å²) in [5, 5.41) is 22.3. The molecular weight excluding hydrogens is 348 g/mol. The van der Waals surface area contributed by atoms with Crippen LogP contribution in [0.2, 0.25) is 0 Å². The Morgan fingerprint density at radius 3 is 2.52 bits per heavy atom. The molecule has 2 aromatic carbocycles. The first-order chi connectivity index (χ1) is 12.0. The van der Waals surface area contributed by atoms with E-state index in [2.05, 4.69) is 0 Å². The first-order valence-corrected chi connectivity index (χ1v) is 7.85. The summed E-state index contributed by atoms with van der Waals surface area (Å²) in [5.41, 5.74) is 0.102. The van der Waals surface area contributed by atoms with Crippen molar-refractivity contribution in [3.63, 3.8) is 0 Å². The van der Waals surface area contributed by atoms with E-state index in [1.165, 1.54) is 36.4 Å². The van der Waals surface area contributed by atoms with Gasteiger partial charge in [0.05, 0.1) is 15.4 Å². The molecule has 0 unspecified atom stereocenters. The Labute approximate surface area is 144 Å². The average Bonchev–Trinajstić information content (AvgIpc) is 3.03. The van der Waals surface area contributed by atoms with Gasteiger partial charge in [-0.15, -0.1) is 11.3 Å². The molecule has 1 aromatic heterocycles. The van der Waals surface area contributed by atoms with E-state index in [0.717, 1.165) is 11.3 Å². The molecule has 126 valence electrons. The first kappa shape index (κ1) is 16.5. The molecule has 0 saturated heterocycles. The number of hydrogen-bond acceptors (Lipinski definition) is 7. The monoisotopic (exact) mass is 358 g/mol. The number of para-hydroxylation sites is 1. The van der Waals surface area contributed by atoms with E-state index in [4.69, 9.17) is 4.74 Å². The van der Waals surface area contributed by atoms with Gasteiger partial charge in [-0.05, 0) is 18.2 Å². The zero-order chi connectivity index (χ0) is 18.0. The van der Waals surface area contributed by atoms with Gasteiger partial charge >= 0.3 is 5.97 Å². The summed E-state index contributed by atoms with van der Waals surface area (Å²) in [7, 11) is 0. The van der Waals surface area contributed by atoms with E-state index in [0.29, 0.717) is 10.1 Å². The number of nitro benzene ring substituents is 2. The zero-order valence-electron chi connectivity index (χ0n) is 12.6. The van der Waals surface area contributed by atoms with Crippen LogP contribution in [-0.4, -0.2) is 15.8 Å². The number of non-ortho nitro benzene ring substituents is 1. The molecule has 0 aliphatic rings. The molecule has 1 heterocycles. The van der Waals surface area contributed by atoms with Crippen molar-refractivity contribution in [2.75, 3.05) is 0 Å². The lowest BCUT2D eigenvalue weighted by molar-refractivity contribution is -0.385. The van der Waals surface area contributed by atoms with Gasteiger partial charge in [-0.2, -0.15) is 0 Å². The molecule has 0 atom stereocenters. The smallest absolute Gasteiger partial charge is 0.348 e. The van der Waals surface area contributed by atoms with Crippen molar-refractivity contribution in [2.45, 2.75) is 6.61 Å². The minimum absolute atomic E-state index is 0.0647.